The second kappa shape index (κ2) is 6.78. The first-order chi connectivity index (χ1) is 14.1. The summed E-state index contributed by atoms with van der Waals surface area (Å²) in [6, 6.07) is 18.1. The fourth-order valence-electron chi connectivity index (χ4n) is 4.36. The van der Waals surface area contributed by atoms with Gasteiger partial charge in [-0.2, -0.15) is 0 Å². The van der Waals surface area contributed by atoms with Crippen molar-refractivity contribution in [1.29, 1.82) is 0 Å². The van der Waals surface area contributed by atoms with Crippen LogP contribution in [-0.2, 0) is 4.79 Å². The first kappa shape index (κ1) is 17.5. The van der Waals surface area contributed by atoms with Crippen LogP contribution in [0, 0.1) is 5.92 Å². The zero-order valence-electron chi connectivity index (χ0n) is 15.5. The number of hydrogen-bond donors (Lipinski definition) is 2. The molecular weight excluding hydrogens is 366 g/mol. The van der Waals surface area contributed by atoms with Gasteiger partial charge in [-0.1, -0.05) is 42.5 Å². The third-order valence-electron chi connectivity index (χ3n) is 5.80. The molecule has 3 aromatic carbocycles. The molecule has 1 aliphatic heterocycles. The minimum atomic E-state index is -0.853. The summed E-state index contributed by atoms with van der Waals surface area (Å²) in [5.41, 5.74) is 2.15. The number of carboxylic acid groups (broad SMARTS) is 1. The lowest BCUT2D eigenvalue weighted by Gasteiger charge is -2.34. The maximum absolute atomic E-state index is 12.7. The Hall–Kier alpha value is -3.60. The third-order valence-corrected chi connectivity index (χ3v) is 5.80. The van der Waals surface area contributed by atoms with Gasteiger partial charge in [-0.3, -0.25) is 0 Å². The highest BCUT2D eigenvalue weighted by atomic mass is 16.5. The average Bonchev–Trinajstić information content (AvgIpc) is 3.22. The Morgan fingerprint density at radius 2 is 1.83 bits per heavy atom. The van der Waals surface area contributed by atoms with Gasteiger partial charge in [-0.25, -0.2) is 9.59 Å². The number of esters is 1. The molecular formula is C24H19NO4. The molecule has 0 saturated heterocycles. The molecule has 2 N–H and O–H groups in total. The predicted octanol–water partition coefficient (Wildman–Crippen LogP) is 4.60. The van der Waals surface area contributed by atoms with Crippen LogP contribution in [0.5, 0.6) is 5.75 Å². The van der Waals surface area contributed by atoms with E-state index in [1.54, 1.807) is 18.2 Å². The van der Waals surface area contributed by atoms with Gasteiger partial charge in [-0.05, 0) is 53.1 Å². The van der Waals surface area contributed by atoms with E-state index in [1.165, 1.54) is 0 Å². The molecule has 5 rings (SSSR count). The van der Waals surface area contributed by atoms with Gasteiger partial charge in [0, 0.05) is 17.5 Å². The molecule has 1 aliphatic carbocycles. The molecule has 0 radical (unpaired) electrons. The lowest BCUT2D eigenvalue weighted by molar-refractivity contribution is -0.139. The van der Waals surface area contributed by atoms with E-state index in [0.717, 1.165) is 22.0 Å². The number of ether oxygens (including phenoxy) is 1. The molecule has 0 spiro atoms. The van der Waals surface area contributed by atoms with Crippen molar-refractivity contribution in [2.24, 2.45) is 5.92 Å². The van der Waals surface area contributed by atoms with Crippen LogP contribution in [-0.4, -0.2) is 23.1 Å². The highest BCUT2D eigenvalue weighted by Gasteiger charge is 2.40. The summed E-state index contributed by atoms with van der Waals surface area (Å²) in [4.78, 5) is 24.4. The van der Waals surface area contributed by atoms with Crippen LogP contribution in [0.25, 0.3) is 10.8 Å². The summed E-state index contributed by atoms with van der Waals surface area (Å²) >= 11 is 0. The Kier molecular flexibility index (Phi) is 4.09. The third kappa shape index (κ3) is 3.05. The molecule has 0 amide bonds. The fraction of sp³-hybridized carbons (Fsp3) is 0.167. The van der Waals surface area contributed by atoms with Crippen molar-refractivity contribution in [2.45, 2.75) is 18.4 Å². The van der Waals surface area contributed by atoms with Crippen molar-refractivity contribution >= 4 is 28.4 Å². The van der Waals surface area contributed by atoms with E-state index in [4.69, 9.17) is 4.74 Å². The predicted molar refractivity (Wildman–Crippen MR) is 110 cm³/mol. The van der Waals surface area contributed by atoms with Gasteiger partial charge in [0.15, 0.2) is 0 Å². The number of hydrogen-bond acceptors (Lipinski definition) is 4. The SMILES string of the molecule is O=C(Oc1ccc2ccccc2c1)c1ccc2c(c1)[C@H]1C=CC[C@@H]1[C@H](C(=O)O)N2. The number of anilines is 1. The second-order valence-electron chi connectivity index (χ2n) is 7.51. The maximum Gasteiger partial charge on any atom is 0.343 e. The number of benzene rings is 3. The van der Waals surface area contributed by atoms with Gasteiger partial charge in [-0.15, -0.1) is 0 Å². The van der Waals surface area contributed by atoms with Crippen molar-refractivity contribution < 1.29 is 19.4 Å². The van der Waals surface area contributed by atoms with E-state index >= 15 is 0 Å². The zero-order chi connectivity index (χ0) is 20.0. The molecule has 0 unspecified atom stereocenters. The van der Waals surface area contributed by atoms with E-state index in [-0.39, 0.29) is 11.8 Å². The smallest absolute Gasteiger partial charge is 0.343 e. The number of aliphatic carboxylic acids is 1. The summed E-state index contributed by atoms with van der Waals surface area (Å²) in [7, 11) is 0. The lowest BCUT2D eigenvalue weighted by atomic mass is 9.79. The number of nitrogens with one attached hydrogen (secondary N) is 1. The summed E-state index contributed by atoms with van der Waals surface area (Å²) in [6.07, 6.45) is 4.76. The van der Waals surface area contributed by atoms with Crippen molar-refractivity contribution in [2.75, 3.05) is 5.32 Å². The first-order valence-electron chi connectivity index (χ1n) is 9.61. The number of carbonyl (C=O) groups excluding carboxylic acids is 1. The van der Waals surface area contributed by atoms with Crippen LogP contribution in [0.2, 0.25) is 0 Å². The minimum absolute atomic E-state index is 0.0132. The monoisotopic (exact) mass is 385 g/mol. The molecule has 3 aromatic rings. The van der Waals surface area contributed by atoms with Crippen LogP contribution >= 0.6 is 0 Å². The Balaban J connectivity index is 1.43. The number of fused-ring (bicyclic) bond motifs is 4. The van der Waals surface area contributed by atoms with Crippen molar-refractivity contribution in [3.05, 3.63) is 83.9 Å². The van der Waals surface area contributed by atoms with E-state index < -0.39 is 18.0 Å². The topological polar surface area (TPSA) is 75.6 Å². The number of carbonyl (C=O) groups is 2. The summed E-state index contributed by atoms with van der Waals surface area (Å²) < 4.78 is 5.60. The standard InChI is InChI=1S/C24H19NO4/c26-23(27)22-19-7-3-6-18(19)20-13-16(9-11-21(20)25-22)24(28)29-17-10-8-14-4-1-2-5-15(14)12-17/h1-6,8-13,18-19,22,25H,7H2,(H,26,27)/t18-,19-,22+/m0/s1. The molecule has 2 aliphatic rings. The summed E-state index contributed by atoms with van der Waals surface area (Å²) in [5.74, 6) is -0.849. The minimum Gasteiger partial charge on any atom is -0.480 e. The summed E-state index contributed by atoms with van der Waals surface area (Å²) in [6.45, 7) is 0. The highest BCUT2D eigenvalue weighted by molar-refractivity contribution is 5.93. The van der Waals surface area contributed by atoms with Crippen molar-refractivity contribution in [1.82, 2.24) is 0 Å². The normalized spacial score (nSPS) is 21.9. The van der Waals surface area contributed by atoms with Crippen molar-refractivity contribution in [3.63, 3.8) is 0 Å². The largest absolute Gasteiger partial charge is 0.480 e. The molecule has 0 aromatic heterocycles. The van der Waals surface area contributed by atoms with Crippen LogP contribution in [0.15, 0.2) is 72.8 Å². The summed E-state index contributed by atoms with van der Waals surface area (Å²) in [5, 5.41) is 14.7. The van der Waals surface area contributed by atoms with Gasteiger partial charge < -0.3 is 15.2 Å². The maximum atomic E-state index is 12.7. The van der Waals surface area contributed by atoms with Gasteiger partial charge in [0.2, 0.25) is 0 Å². The Bertz CT molecular complexity index is 1170. The molecule has 1 heterocycles. The van der Waals surface area contributed by atoms with E-state index in [9.17, 15) is 14.7 Å². The average molecular weight is 385 g/mol. The Morgan fingerprint density at radius 1 is 1.00 bits per heavy atom. The van der Waals surface area contributed by atoms with Crippen LogP contribution in [0.4, 0.5) is 5.69 Å². The fourth-order valence-corrected chi connectivity index (χ4v) is 4.36. The highest BCUT2D eigenvalue weighted by Crippen LogP contribution is 2.44. The number of rotatable bonds is 3. The van der Waals surface area contributed by atoms with Crippen LogP contribution < -0.4 is 10.1 Å². The zero-order valence-corrected chi connectivity index (χ0v) is 15.5. The molecule has 144 valence electrons. The lowest BCUT2D eigenvalue weighted by Crippen LogP contribution is -2.41. The Labute approximate surface area is 167 Å². The Morgan fingerprint density at radius 3 is 2.66 bits per heavy atom. The molecule has 3 atom stereocenters. The van der Waals surface area contributed by atoms with Crippen LogP contribution in [0.3, 0.4) is 0 Å². The van der Waals surface area contributed by atoms with Gasteiger partial charge >= 0.3 is 11.9 Å². The van der Waals surface area contributed by atoms with Crippen LogP contribution in [0.1, 0.15) is 28.3 Å². The molecule has 5 heteroatoms. The van der Waals surface area contributed by atoms with Gasteiger partial charge in [0.05, 0.1) is 5.56 Å². The number of allylic oxidation sites excluding steroid dienone is 2. The van der Waals surface area contributed by atoms with E-state index in [2.05, 4.69) is 5.32 Å². The van der Waals surface area contributed by atoms with Gasteiger partial charge in [0.25, 0.3) is 0 Å². The first-order valence-corrected chi connectivity index (χ1v) is 9.61. The van der Waals surface area contributed by atoms with E-state index in [0.29, 0.717) is 17.7 Å². The molecule has 0 fully saturated rings. The molecule has 29 heavy (non-hydrogen) atoms. The molecule has 0 bridgehead atoms. The van der Waals surface area contributed by atoms with E-state index in [1.807, 2.05) is 54.6 Å². The second-order valence-corrected chi connectivity index (χ2v) is 7.51. The molecule has 0 saturated carbocycles. The number of carboxylic acids is 1. The van der Waals surface area contributed by atoms with Gasteiger partial charge in [0.1, 0.15) is 11.8 Å². The quantitative estimate of drug-likeness (QED) is 0.392. The molecule has 5 nitrogen and oxygen atoms in total. The van der Waals surface area contributed by atoms with Crippen molar-refractivity contribution in [3.8, 4) is 5.75 Å².